The summed E-state index contributed by atoms with van der Waals surface area (Å²) >= 11 is 0. The lowest BCUT2D eigenvalue weighted by Crippen LogP contribution is -2.47. The summed E-state index contributed by atoms with van der Waals surface area (Å²) < 4.78 is 0. The van der Waals surface area contributed by atoms with Crippen molar-refractivity contribution in [3.63, 3.8) is 0 Å². The van der Waals surface area contributed by atoms with Gasteiger partial charge in [0.1, 0.15) is 6.04 Å². The Bertz CT molecular complexity index is 491. The monoisotopic (exact) mass is 281 g/mol. The Morgan fingerprint density at radius 1 is 1.20 bits per heavy atom. The van der Waals surface area contributed by atoms with Crippen molar-refractivity contribution in [1.29, 1.82) is 0 Å². The van der Waals surface area contributed by atoms with Crippen molar-refractivity contribution in [1.82, 2.24) is 15.6 Å². The molecule has 1 aromatic heterocycles. The van der Waals surface area contributed by atoms with Gasteiger partial charge < -0.3 is 20.8 Å². The Hall–Kier alpha value is -2.64. The zero-order valence-electron chi connectivity index (χ0n) is 10.7. The molecule has 0 saturated heterocycles. The van der Waals surface area contributed by atoms with E-state index < -0.39 is 30.4 Å². The smallest absolute Gasteiger partial charge is 0.326 e. The highest BCUT2D eigenvalue weighted by Gasteiger charge is 2.23. The first-order valence-corrected chi connectivity index (χ1v) is 5.81. The lowest BCUT2D eigenvalue weighted by atomic mass is 10.1. The van der Waals surface area contributed by atoms with E-state index in [0.717, 1.165) is 5.56 Å². The number of hydrogen-bond donors (Lipinski definition) is 4. The number of amides is 2. The van der Waals surface area contributed by atoms with Gasteiger partial charge in [0.2, 0.25) is 0 Å². The van der Waals surface area contributed by atoms with Crippen molar-refractivity contribution in [3.05, 3.63) is 30.1 Å². The summed E-state index contributed by atoms with van der Waals surface area (Å²) in [5.74, 6) is -2.71. The summed E-state index contributed by atoms with van der Waals surface area (Å²) in [6.07, 6.45) is 2.44. The number of carbonyl (C=O) groups is 3. The lowest BCUT2D eigenvalue weighted by molar-refractivity contribution is -0.145. The molecule has 0 aliphatic rings. The Morgan fingerprint density at radius 3 is 2.30 bits per heavy atom. The van der Waals surface area contributed by atoms with Crippen LogP contribution in [0.4, 0.5) is 4.79 Å². The minimum absolute atomic E-state index is 0.364. The highest BCUT2D eigenvalue weighted by Crippen LogP contribution is 2.09. The molecule has 2 atom stereocenters. The van der Waals surface area contributed by atoms with Crippen molar-refractivity contribution < 1.29 is 24.6 Å². The third-order valence-electron chi connectivity index (χ3n) is 2.54. The van der Waals surface area contributed by atoms with Gasteiger partial charge in [-0.2, -0.15) is 0 Å². The first kappa shape index (κ1) is 15.4. The minimum Gasteiger partial charge on any atom is -0.481 e. The van der Waals surface area contributed by atoms with Crippen LogP contribution in [0.1, 0.15) is 24.9 Å². The molecule has 108 valence electrons. The van der Waals surface area contributed by atoms with Gasteiger partial charge in [-0.25, -0.2) is 9.59 Å². The van der Waals surface area contributed by atoms with E-state index in [4.69, 9.17) is 10.2 Å². The van der Waals surface area contributed by atoms with Crippen LogP contribution in [-0.2, 0) is 9.59 Å². The van der Waals surface area contributed by atoms with Crippen molar-refractivity contribution in [2.24, 2.45) is 0 Å². The number of aromatic nitrogens is 1. The van der Waals surface area contributed by atoms with Crippen LogP contribution < -0.4 is 10.6 Å². The average molecular weight is 281 g/mol. The van der Waals surface area contributed by atoms with E-state index in [0.29, 0.717) is 0 Å². The van der Waals surface area contributed by atoms with E-state index in [1.807, 2.05) is 0 Å². The fraction of sp³-hybridized carbons (Fsp3) is 0.333. The number of nitrogens with one attached hydrogen (secondary N) is 2. The molecule has 0 fully saturated rings. The second-order valence-corrected chi connectivity index (χ2v) is 4.11. The normalized spacial score (nSPS) is 13.1. The fourth-order valence-corrected chi connectivity index (χ4v) is 1.51. The molecule has 2 amide bonds. The van der Waals surface area contributed by atoms with Gasteiger partial charge in [-0.1, -0.05) is 0 Å². The summed E-state index contributed by atoms with van der Waals surface area (Å²) in [6, 6.07) is 0.825. The van der Waals surface area contributed by atoms with Crippen molar-refractivity contribution in [3.8, 4) is 0 Å². The summed E-state index contributed by atoms with van der Waals surface area (Å²) in [5.41, 5.74) is 0.792. The number of carboxylic acid groups (broad SMARTS) is 2. The molecular formula is C12H15N3O5. The number of rotatable bonds is 6. The molecule has 2 unspecified atom stereocenters. The van der Waals surface area contributed by atoms with Crippen LogP contribution >= 0.6 is 0 Å². The molecule has 0 aliphatic carbocycles. The number of urea groups is 1. The highest BCUT2D eigenvalue weighted by atomic mass is 16.4. The minimum atomic E-state index is -1.47. The predicted octanol–water partition coefficient (Wildman–Crippen LogP) is 0.370. The first-order valence-electron chi connectivity index (χ1n) is 5.81. The predicted molar refractivity (Wildman–Crippen MR) is 68.0 cm³/mol. The summed E-state index contributed by atoms with van der Waals surface area (Å²) in [6.45, 7) is 1.71. The maximum Gasteiger partial charge on any atom is 0.326 e. The fourth-order valence-electron chi connectivity index (χ4n) is 1.51. The molecule has 1 aromatic rings. The Morgan fingerprint density at radius 2 is 1.80 bits per heavy atom. The lowest BCUT2D eigenvalue weighted by Gasteiger charge is -2.17. The molecule has 0 spiro atoms. The van der Waals surface area contributed by atoms with Gasteiger partial charge in [0.05, 0.1) is 12.5 Å². The average Bonchev–Trinajstić information content (AvgIpc) is 2.38. The third kappa shape index (κ3) is 4.92. The molecule has 0 radical (unpaired) electrons. The molecule has 0 saturated carbocycles. The van der Waals surface area contributed by atoms with Gasteiger partial charge in [0.15, 0.2) is 0 Å². The number of carbonyl (C=O) groups excluding carboxylic acids is 1. The van der Waals surface area contributed by atoms with Crippen LogP contribution in [-0.4, -0.2) is 39.2 Å². The van der Waals surface area contributed by atoms with Gasteiger partial charge in [0, 0.05) is 12.4 Å². The van der Waals surface area contributed by atoms with Crippen LogP contribution in [0.25, 0.3) is 0 Å². The molecule has 4 N–H and O–H groups in total. The standard InChI is InChI=1S/C12H15N3O5/c1-7(8-2-4-13-5-3-8)14-12(20)15-9(11(18)19)6-10(16)17/h2-5,7,9H,6H2,1H3,(H,16,17)(H,18,19)(H2,14,15,20). The topological polar surface area (TPSA) is 129 Å². The molecule has 0 bridgehead atoms. The molecule has 1 heterocycles. The van der Waals surface area contributed by atoms with Gasteiger partial charge in [-0.3, -0.25) is 9.78 Å². The van der Waals surface area contributed by atoms with Crippen LogP contribution in [0.3, 0.4) is 0 Å². The van der Waals surface area contributed by atoms with E-state index in [9.17, 15) is 14.4 Å². The molecule has 20 heavy (non-hydrogen) atoms. The number of aliphatic carboxylic acids is 2. The van der Waals surface area contributed by atoms with Crippen molar-refractivity contribution >= 4 is 18.0 Å². The molecule has 8 nitrogen and oxygen atoms in total. The molecule has 8 heteroatoms. The zero-order chi connectivity index (χ0) is 15.1. The van der Waals surface area contributed by atoms with Crippen LogP contribution in [0.2, 0.25) is 0 Å². The van der Waals surface area contributed by atoms with E-state index >= 15 is 0 Å². The Balaban J connectivity index is 2.57. The van der Waals surface area contributed by atoms with Gasteiger partial charge >= 0.3 is 18.0 Å². The van der Waals surface area contributed by atoms with E-state index in [2.05, 4.69) is 15.6 Å². The van der Waals surface area contributed by atoms with Gasteiger partial charge in [0.25, 0.3) is 0 Å². The second kappa shape index (κ2) is 7.07. The number of carboxylic acids is 2. The number of hydrogen-bond acceptors (Lipinski definition) is 4. The molecule has 0 aromatic carbocycles. The zero-order valence-corrected chi connectivity index (χ0v) is 10.7. The maximum absolute atomic E-state index is 11.6. The van der Waals surface area contributed by atoms with Crippen molar-refractivity contribution in [2.75, 3.05) is 0 Å². The number of pyridine rings is 1. The molecular weight excluding hydrogens is 266 g/mol. The second-order valence-electron chi connectivity index (χ2n) is 4.11. The first-order chi connectivity index (χ1) is 9.40. The Labute approximate surface area is 114 Å². The summed E-state index contributed by atoms with van der Waals surface area (Å²) in [5, 5.41) is 22.0. The van der Waals surface area contributed by atoms with E-state index in [1.54, 1.807) is 31.5 Å². The van der Waals surface area contributed by atoms with Gasteiger partial charge in [-0.15, -0.1) is 0 Å². The molecule has 1 rings (SSSR count). The number of nitrogens with zero attached hydrogens (tertiary/aromatic N) is 1. The molecule has 0 aliphatic heterocycles. The SMILES string of the molecule is CC(NC(=O)NC(CC(=O)O)C(=O)O)c1ccncc1. The highest BCUT2D eigenvalue weighted by molar-refractivity contribution is 5.86. The quantitative estimate of drug-likeness (QED) is 0.596. The largest absolute Gasteiger partial charge is 0.481 e. The Kier molecular flexibility index (Phi) is 5.45. The van der Waals surface area contributed by atoms with Crippen LogP contribution in [0.5, 0.6) is 0 Å². The third-order valence-corrected chi connectivity index (χ3v) is 2.54. The maximum atomic E-state index is 11.6. The van der Waals surface area contributed by atoms with E-state index in [1.165, 1.54) is 0 Å². The van der Waals surface area contributed by atoms with Crippen LogP contribution in [0, 0.1) is 0 Å². The van der Waals surface area contributed by atoms with Crippen LogP contribution in [0.15, 0.2) is 24.5 Å². The summed E-state index contributed by atoms with van der Waals surface area (Å²) in [7, 11) is 0. The summed E-state index contributed by atoms with van der Waals surface area (Å²) in [4.78, 5) is 36.8. The van der Waals surface area contributed by atoms with E-state index in [-0.39, 0.29) is 6.04 Å². The van der Waals surface area contributed by atoms with Crippen molar-refractivity contribution in [2.45, 2.75) is 25.4 Å². The van der Waals surface area contributed by atoms with Gasteiger partial charge in [-0.05, 0) is 24.6 Å².